The second kappa shape index (κ2) is 7.23. The van der Waals surface area contributed by atoms with Crippen LogP contribution in [0.1, 0.15) is 16.7 Å². The summed E-state index contributed by atoms with van der Waals surface area (Å²) in [5.41, 5.74) is 3.19. The summed E-state index contributed by atoms with van der Waals surface area (Å²) in [5.74, 6) is 0. The normalized spacial score (nSPS) is 10.5. The molecule has 2 rings (SSSR count). The molecule has 0 radical (unpaired) electrons. The lowest BCUT2D eigenvalue weighted by atomic mass is 10.1. The molecule has 102 valence electrons. The first-order valence-corrected chi connectivity index (χ1v) is 7.39. The molecule has 2 aromatic rings. The smallest absolute Gasteiger partial charge is 0.0995 e. The standard InChI is InChI=1S/C17H17BrN2/c1-20(11-10-14-6-8-17(18)9-7-14)13-16-5-3-2-4-15(16)12-19/h2-9H,10-11,13H2,1H3. The lowest BCUT2D eigenvalue weighted by Gasteiger charge is -2.17. The molecule has 0 aliphatic heterocycles. The number of likely N-dealkylation sites (N-methyl/N-ethyl adjacent to an activating group) is 1. The zero-order chi connectivity index (χ0) is 14.4. The van der Waals surface area contributed by atoms with Crippen molar-refractivity contribution in [3.63, 3.8) is 0 Å². The van der Waals surface area contributed by atoms with Crippen LogP contribution in [0.3, 0.4) is 0 Å². The van der Waals surface area contributed by atoms with Gasteiger partial charge in [-0.3, -0.25) is 0 Å². The second-order valence-electron chi connectivity index (χ2n) is 4.88. The molecule has 0 heterocycles. The van der Waals surface area contributed by atoms with Crippen molar-refractivity contribution in [1.82, 2.24) is 4.90 Å². The van der Waals surface area contributed by atoms with Gasteiger partial charge < -0.3 is 4.90 Å². The van der Waals surface area contributed by atoms with Gasteiger partial charge in [-0.25, -0.2) is 0 Å². The molecule has 0 spiro atoms. The Morgan fingerprint density at radius 1 is 1.10 bits per heavy atom. The average molecular weight is 329 g/mol. The third-order valence-electron chi connectivity index (χ3n) is 3.27. The number of benzene rings is 2. The van der Waals surface area contributed by atoms with Crippen molar-refractivity contribution in [3.05, 3.63) is 69.7 Å². The SMILES string of the molecule is CN(CCc1ccc(Br)cc1)Cc1ccccc1C#N. The van der Waals surface area contributed by atoms with Crippen LogP contribution in [0, 0.1) is 11.3 Å². The van der Waals surface area contributed by atoms with Gasteiger partial charge in [0.05, 0.1) is 11.6 Å². The van der Waals surface area contributed by atoms with Crippen LogP contribution in [0.4, 0.5) is 0 Å². The largest absolute Gasteiger partial charge is 0.302 e. The highest BCUT2D eigenvalue weighted by atomic mass is 79.9. The lowest BCUT2D eigenvalue weighted by molar-refractivity contribution is 0.331. The topological polar surface area (TPSA) is 27.0 Å². The minimum atomic E-state index is 0.767. The van der Waals surface area contributed by atoms with E-state index in [0.29, 0.717) is 0 Å². The van der Waals surface area contributed by atoms with Gasteiger partial charge in [0.25, 0.3) is 0 Å². The van der Waals surface area contributed by atoms with E-state index in [9.17, 15) is 0 Å². The zero-order valence-electron chi connectivity index (χ0n) is 11.5. The molecule has 0 bridgehead atoms. The minimum Gasteiger partial charge on any atom is -0.302 e. The van der Waals surface area contributed by atoms with Gasteiger partial charge in [-0.15, -0.1) is 0 Å². The van der Waals surface area contributed by atoms with E-state index in [1.807, 2.05) is 24.3 Å². The Hall–Kier alpha value is -1.63. The van der Waals surface area contributed by atoms with Crippen LogP contribution in [0.5, 0.6) is 0 Å². The monoisotopic (exact) mass is 328 g/mol. The first kappa shape index (κ1) is 14.8. The summed E-state index contributed by atoms with van der Waals surface area (Å²) in [7, 11) is 2.09. The Morgan fingerprint density at radius 2 is 1.80 bits per heavy atom. The van der Waals surface area contributed by atoms with E-state index in [2.05, 4.69) is 58.2 Å². The number of nitrogens with zero attached hydrogens (tertiary/aromatic N) is 2. The number of hydrogen-bond donors (Lipinski definition) is 0. The van der Waals surface area contributed by atoms with Crippen molar-refractivity contribution >= 4 is 15.9 Å². The van der Waals surface area contributed by atoms with Gasteiger partial charge in [-0.2, -0.15) is 5.26 Å². The summed E-state index contributed by atoms with van der Waals surface area (Å²) in [4.78, 5) is 2.25. The highest BCUT2D eigenvalue weighted by molar-refractivity contribution is 9.10. The highest BCUT2D eigenvalue weighted by Gasteiger charge is 2.05. The van der Waals surface area contributed by atoms with Crippen molar-refractivity contribution in [2.75, 3.05) is 13.6 Å². The predicted octanol–water partition coefficient (Wildman–Crippen LogP) is 4.00. The second-order valence-corrected chi connectivity index (χ2v) is 5.80. The van der Waals surface area contributed by atoms with Gasteiger partial charge >= 0.3 is 0 Å². The van der Waals surface area contributed by atoms with Gasteiger partial charge in [0.2, 0.25) is 0 Å². The van der Waals surface area contributed by atoms with Crippen LogP contribution in [0.2, 0.25) is 0 Å². The highest BCUT2D eigenvalue weighted by Crippen LogP contribution is 2.13. The van der Waals surface area contributed by atoms with Gasteiger partial charge in [-0.05, 0) is 42.8 Å². The number of rotatable bonds is 5. The maximum atomic E-state index is 9.09. The van der Waals surface area contributed by atoms with E-state index in [4.69, 9.17) is 5.26 Å². The van der Waals surface area contributed by atoms with Crippen LogP contribution in [-0.2, 0) is 13.0 Å². The molecule has 0 unspecified atom stereocenters. The van der Waals surface area contributed by atoms with E-state index in [0.717, 1.165) is 35.1 Å². The fourth-order valence-electron chi connectivity index (χ4n) is 2.11. The number of hydrogen-bond acceptors (Lipinski definition) is 2. The first-order valence-electron chi connectivity index (χ1n) is 6.60. The molecule has 0 aliphatic carbocycles. The van der Waals surface area contributed by atoms with E-state index < -0.39 is 0 Å². The van der Waals surface area contributed by atoms with Crippen LogP contribution in [0.15, 0.2) is 53.0 Å². The van der Waals surface area contributed by atoms with E-state index in [1.165, 1.54) is 5.56 Å². The Kier molecular flexibility index (Phi) is 5.34. The Bertz CT molecular complexity index is 599. The van der Waals surface area contributed by atoms with Crippen LogP contribution in [0.25, 0.3) is 0 Å². The van der Waals surface area contributed by atoms with E-state index >= 15 is 0 Å². The molecule has 0 aliphatic rings. The van der Waals surface area contributed by atoms with Crippen molar-refractivity contribution in [1.29, 1.82) is 5.26 Å². The summed E-state index contributed by atoms with van der Waals surface area (Å²) in [6.07, 6.45) is 1.01. The molecule has 20 heavy (non-hydrogen) atoms. The number of halogens is 1. The molecule has 0 atom stereocenters. The van der Waals surface area contributed by atoms with Crippen LogP contribution < -0.4 is 0 Å². The molecule has 3 heteroatoms. The predicted molar refractivity (Wildman–Crippen MR) is 85.3 cm³/mol. The average Bonchev–Trinajstić information content (AvgIpc) is 2.47. The Labute approximate surface area is 128 Å². The fraction of sp³-hybridized carbons (Fsp3) is 0.235. The third-order valence-corrected chi connectivity index (χ3v) is 3.80. The van der Waals surface area contributed by atoms with Gasteiger partial charge in [0.1, 0.15) is 0 Å². The maximum absolute atomic E-state index is 9.09. The summed E-state index contributed by atoms with van der Waals surface area (Å²) < 4.78 is 1.11. The molecule has 0 saturated heterocycles. The molecule has 0 aromatic heterocycles. The Morgan fingerprint density at radius 3 is 2.50 bits per heavy atom. The molecule has 2 nitrogen and oxygen atoms in total. The zero-order valence-corrected chi connectivity index (χ0v) is 13.1. The summed E-state index contributed by atoms with van der Waals surface area (Å²) in [6.45, 7) is 1.78. The molecule has 0 fully saturated rings. The minimum absolute atomic E-state index is 0.767. The quantitative estimate of drug-likeness (QED) is 0.829. The summed E-state index contributed by atoms with van der Waals surface area (Å²) in [6, 6.07) is 18.5. The maximum Gasteiger partial charge on any atom is 0.0995 e. The molecule has 0 N–H and O–H groups in total. The molecule has 2 aromatic carbocycles. The fourth-order valence-corrected chi connectivity index (χ4v) is 2.37. The van der Waals surface area contributed by atoms with Gasteiger partial charge in [-0.1, -0.05) is 46.3 Å². The summed E-state index contributed by atoms with van der Waals surface area (Å²) in [5, 5.41) is 9.09. The van der Waals surface area contributed by atoms with Crippen molar-refractivity contribution in [3.8, 4) is 6.07 Å². The molecule has 0 saturated carbocycles. The van der Waals surface area contributed by atoms with E-state index in [1.54, 1.807) is 0 Å². The van der Waals surface area contributed by atoms with Crippen LogP contribution >= 0.6 is 15.9 Å². The number of nitriles is 1. The van der Waals surface area contributed by atoms with Gasteiger partial charge in [0, 0.05) is 17.6 Å². The van der Waals surface area contributed by atoms with Crippen molar-refractivity contribution in [2.24, 2.45) is 0 Å². The van der Waals surface area contributed by atoms with Crippen molar-refractivity contribution in [2.45, 2.75) is 13.0 Å². The van der Waals surface area contributed by atoms with Crippen molar-refractivity contribution < 1.29 is 0 Å². The summed E-state index contributed by atoms with van der Waals surface area (Å²) >= 11 is 3.44. The van der Waals surface area contributed by atoms with Crippen LogP contribution in [-0.4, -0.2) is 18.5 Å². The lowest BCUT2D eigenvalue weighted by Crippen LogP contribution is -2.21. The molecule has 0 amide bonds. The Balaban J connectivity index is 1.91. The first-order chi connectivity index (χ1) is 9.69. The molecular formula is C17H17BrN2. The molecular weight excluding hydrogens is 312 g/mol. The van der Waals surface area contributed by atoms with Gasteiger partial charge in [0.15, 0.2) is 0 Å². The van der Waals surface area contributed by atoms with E-state index in [-0.39, 0.29) is 0 Å². The third kappa shape index (κ3) is 4.19.